The number of aromatic nitrogens is 3. The first-order valence-electron chi connectivity index (χ1n) is 19.7. The van der Waals surface area contributed by atoms with E-state index in [1.807, 2.05) is 85.8 Å². The average Bonchev–Trinajstić information content (AvgIpc) is 3.83. The van der Waals surface area contributed by atoms with Crippen LogP contribution in [-0.4, -0.2) is 77.2 Å². The van der Waals surface area contributed by atoms with Crippen LogP contribution in [0.25, 0.3) is 33.4 Å². The first-order chi connectivity index (χ1) is 28.2. The molecule has 6 aromatic rings. The Bertz CT molecular complexity index is 2440. The highest BCUT2D eigenvalue weighted by Gasteiger charge is 2.32. The van der Waals surface area contributed by atoms with E-state index >= 15 is 4.79 Å². The fraction of sp³-hybridized carbons (Fsp3) is 0.311. The predicted octanol–water partition coefficient (Wildman–Crippen LogP) is 10.5. The van der Waals surface area contributed by atoms with Gasteiger partial charge in [-0.3, -0.25) is 9.59 Å². The summed E-state index contributed by atoms with van der Waals surface area (Å²) in [5.41, 5.74) is 6.35. The van der Waals surface area contributed by atoms with Gasteiger partial charge in [-0.25, -0.2) is 4.98 Å². The number of methoxy groups -OCH3 is 1. The summed E-state index contributed by atoms with van der Waals surface area (Å²) in [5.74, 6) is 0.509. The Balaban J connectivity index is 1.21. The molecule has 58 heavy (non-hydrogen) atoms. The highest BCUT2D eigenvalue weighted by Crippen LogP contribution is 2.43. The van der Waals surface area contributed by atoms with E-state index in [1.54, 1.807) is 19.5 Å². The molecular weight excluding hydrogens is 795 g/mol. The number of anilines is 2. The first-order valence-corrected chi connectivity index (χ1v) is 20.8. The molecule has 2 saturated heterocycles. The number of ether oxygens (including phenoxy) is 2. The summed E-state index contributed by atoms with van der Waals surface area (Å²) in [5, 5.41) is 5.68. The molecule has 1 atom stereocenters. The van der Waals surface area contributed by atoms with Crippen LogP contribution in [0, 0.1) is 0 Å². The maximum Gasteiger partial charge on any atom is 0.272 e. The number of likely N-dealkylation sites (tertiary alicyclic amines) is 1. The normalized spacial score (nSPS) is 15.6. The number of piperidine rings is 2. The van der Waals surface area contributed by atoms with Gasteiger partial charge in [-0.15, -0.1) is 0 Å². The van der Waals surface area contributed by atoms with Crippen LogP contribution < -0.4 is 15.0 Å². The summed E-state index contributed by atoms with van der Waals surface area (Å²) in [7, 11) is 1.63. The fourth-order valence-electron chi connectivity index (χ4n) is 8.33. The highest BCUT2D eigenvalue weighted by atomic mass is 35.5. The van der Waals surface area contributed by atoms with Gasteiger partial charge in [-0.1, -0.05) is 77.3 Å². The van der Waals surface area contributed by atoms with Crippen molar-refractivity contribution in [3.8, 4) is 28.3 Å². The largest absolute Gasteiger partial charge is 0.491 e. The fourth-order valence-corrected chi connectivity index (χ4v) is 9.06. The Kier molecular flexibility index (Phi) is 12.0. The van der Waals surface area contributed by atoms with Crippen LogP contribution >= 0.6 is 34.8 Å². The van der Waals surface area contributed by atoms with Crippen LogP contribution in [0.1, 0.15) is 61.1 Å². The molecule has 0 radical (unpaired) electrons. The molecule has 10 nitrogen and oxygen atoms in total. The maximum atomic E-state index is 15.0. The summed E-state index contributed by atoms with van der Waals surface area (Å²) in [4.78, 5) is 40.6. The standard InChI is InChI=1S/C45H45Cl3N6O4/c1-28(34-14-11-30(46)24-36(34)48)54-27-49-42(29-8-4-3-5-9-29)44(54)41-35-15-12-31(47)25-37(35)50-43(41)45(56)51-38-26-33(58-23-22-57-2)13-16-39(38)52-20-17-32(18-21-52)53-19-7-6-10-40(53)55/h3-5,8-9,11-16,24-28,32,50H,6-7,10,17-23H2,1-2H3,(H,51,56). The average molecular weight is 840 g/mol. The number of carbonyl (C=O) groups is 2. The number of H-pyrrole nitrogens is 1. The molecule has 2 aliphatic heterocycles. The summed E-state index contributed by atoms with van der Waals surface area (Å²) < 4.78 is 13.3. The van der Waals surface area contributed by atoms with E-state index in [1.165, 1.54) is 0 Å². The molecule has 13 heteroatoms. The van der Waals surface area contributed by atoms with Crippen molar-refractivity contribution in [3.05, 3.63) is 118 Å². The maximum absolute atomic E-state index is 15.0. The van der Waals surface area contributed by atoms with Crippen LogP contribution in [0.5, 0.6) is 5.75 Å². The minimum Gasteiger partial charge on any atom is -0.491 e. The van der Waals surface area contributed by atoms with E-state index in [4.69, 9.17) is 49.3 Å². The molecule has 2 aliphatic rings. The van der Waals surface area contributed by atoms with E-state index in [-0.39, 0.29) is 23.9 Å². The number of nitrogens with zero attached hydrogens (tertiary/aromatic N) is 4. The minimum absolute atomic E-state index is 0.216. The van der Waals surface area contributed by atoms with E-state index in [2.05, 4.69) is 24.7 Å². The molecule has 2 aromatic heterocycles. The van der Waals surface area contributed by atoms with Crippen molar-refractivity contribution in [3.63, 3.8) is 0 Å². The molecule has 1 unspecified atom stereocenters. The van der Waals surface area contributed by atoms with Gasteiger partial charge in [0.05, 0.1) is 41.7 Å². The van der Waals surface area contributed by atoms with E-state index < -0.39 is 0 Å². The minimum atomic E-state index is -0.352. The van der Waals surface area contributed by atoms with Crippen LogP contribution in [0.4, 0.5) is 11.4 Å². The number of aromatic amines is 1. The van der Waals surface area contributed by atoms with Gasteiger partial charge in [0, 0.05) is 82.4 Å². The van der Waals surface area contributed by atoms with Crippen molar-refractivity contribution in [2.24, 2.45) is 0 Å². The first kappa shape index (κ1) is 39.8. The molecule has 8 rings (SSSR count). The monoisotopic (exact) mass is 838 g/mol. The lowest BCUT2D eigenvalue weighted by molar-refractivity contribution is -0.136. The van der Waals surface area contributed by atoms with Gasteiger partial charge in [-0.2, -0.15) is 0 Å². The van der Waals surface area contributed by atoms with Gasteiger partial charge in [0.1, 0.15) is 18.1 Å². The molecule has 2 N–H and O–H groups in total. The molecule has 2 fully saturated rings. The molecule has 0 bridgehead atoms. The number of fused-ring (bicyclic) bond motifs is 1. The van der Waals surface area contributed by atoms with E-state index in [0.717, 1.165) is 73.2 Å². The van der Waals surface area contributed by atoms with Gasteiger partial charge in [0.2, 0.25) is 5.91 Å². The number of halogens is 3. The molecule has 300 valence electrons. The van der Waals surface area contributed by atoms with Crippen molar-refractivity contribution in [1.29, 1.82) is 0 Å². The summed E-state index contributed by atoms with van der Waals surface area (Å²) in [6, 6.07) is 26.7. The lowest BCUT2D eigenvalue weighted by Crippen LogP contribution is -2.49. The highest BCUT2D eigenvalue weighted by molar-refractivity contribution is 6.35. The number of imidazole rings is 1. The third-order valence-electron chi connectivity index (χ3n) is 11.3. The molecule has 4 heterocycles. The van der Waals surface area contributed by atoms with Crippen molar-refractivity contribution < 1.29 is 19.1 Å². The SMILES string of the molecule is COCCOc1ccc(N2CCC(N3CCCCC3=O)CC2)c(NC(=O)c2[nH]c3cc(Cl)ccc3c2-c2c(-c3ccccc3)ncn2C(C)c2ccc(Cl)cc2Cl)c1. The van der Waals surface area contributed by atoms with Gasteiger partial charge in [-0.05, 0) is 74.6 Å². The third-order valence-corrected chi connectivity index (χ3v) is 12.1. The van der Waals surface area contributed by atoms with E-state index in [0.29, 0.717) is 68.6 Å². The zero-order chi connectivity index (χ0) is 40.3. The number of carbonyl (C=O) groups excluding carboxylic acids is 2. The molecule has 2 amide bonds. The van der Waals surface area contributed by atoms with Crippen molar-refractivity contribution >= 4 is 68.9 Å². The smallest absolute Gasteiger partial charge is 0.272 e. The van der Waals surface area contributed by atoms with Gasteiger partial charge in [0.15, 0.2) is 0 Å². The summed E-state index contributed by atoms with van der Waals surface area (Å²) in [6.45, 7) is 5.13. The van der Waals surface area contributed by atoms with Gasteiger partial charge >= 0.3 is 0 Å². The summed E-state index contributed by atoms with van der Waals surface area (Å²) in [6.07, 6.45) is 6.14. The number of benzene rings is 4. The van der Waals surface area contributed by atoms with E-state index in [9.17, 15) is 4.79 Å². The number of hydrogen-bond acceptors (Lipinski definition) is 6. The number of hydrogen-bond donors (Lipinski definition) is 2. The van der Waals surface area contributed by atoms with Gasteiger partial charge in [0.25, 0.3) is 5.91 Å². The second-order valence-electron chi connectivity index (χ2n) is 14.9. The molecule has 4 aromatic carbocycles. The molecular formula is C45H45Cl3N6O4. The lowest BCUT2D eigenvalue weighted by Gasteiger charge is -2.41. The van der Waals surface area contributed by atoms with Crippen LogP contribution in [0.3, 0.4) is 0 Å². The molecule has 0 spiro atoms. The second kappa shape index (κ2) is 17.5. The Morgan fingerprint density at radius 2 is 1.71 bits per heavy atom. The molecule has 0 saturated carbocycles. The van der Waals surface area contributed by atoms with Crippen molar-refractivity contribution in [1.82, 2.24) is 19.4 Å². The van der Waals surface area contributed by atoms with Crippen LogP contribution in [0.15, 0.2) is 91.3 Å². The molecule has 0 aliphatic carbocycles. The Morgan fingerprint density at radius 1 is 0.931 bits per heavy atom. The number of nitrogens with one attached hydrogen (secondary N) is 2. The third kappa shape index (κ3) is 8.16. The van der Waals surface area contributed by atoms with Crippen LogP contribution in [0.2, 0.25) is 15.1 Å². The Labute approximate surface area is 353 Å². The Morgan fingerprint density at radius 3 is 2.47 bits per heavy atom. The Hall–Kier alpha value is -5.00. The summed E-state index contributed by atoms with van der Waals surface area (Å²) >= 11 is 19.7. The zero-order valence-corrected chi connectivity index (χ0v) is 34.7. The quantitative estimate of drug-likeness (QED) is 0.119. The van der Waals surface area contributed by atoms with Crippen molar-refractivity contribution in [2.45, 2.75) is 51.1 Å². The second-order valence-corrected chi connectivity index (χ2v) is 16.1. The van der Waals surface area contributed by atoms with Gasteiger partial charge < -0.3 is 34.1 Å². The number of rotatable bonds is 12. The van der Waals surface area contributed by atoms with Crippen LogP contribution in [-0.2, 0) is 9.53 Å². The predicted molar refractivity (Wildman–Crippen MR) is 233 cm³/mol. The number of amides is 2. The lowest BCUT2D eigenvalue weighted by atomic mass is 9.98. The zero-order valence-electron chi connectivity index (χ0n) is 32.4. The topological polar surface area (TPSA) is 105 Å². The van der Waals surface area contributed by atoms with Crippen molar-refractivity contribution in [2.75, 3.05) is 50.2 Å².